The maximum Gasteiger partial charge on any atom is 0.266 e. The Morgan fingerprint density at radius 3 is 2.62 bits per heavy atom. The number of nitrogens with zero attached hydrogens (tertiary/aromatic N) is 3. The summed E-state index contributed by atoms with van der Waals surface area (Å²) >= 11 is 8.27. The number of carbonyl (C=O) groups excluding carboxylic acids is 1. The Balaban J connectivity index is 1.53. The number of fused-ring (bicyclic) bond motifs is 1. The summed E-state index contributed by atoms with van der Waals surface area (Å²) in [5, 5.41) is 1.49. The largest absolute Gasteiger partial charge is 0.494 e. The molecule has 4 aromatic rings. The molecular weight excluding hydrogens is 502 g/mol. The Morgan fingerprint density at radius 2 is 1.92 bits per heavy atom. The molecule has 1 aliphatic rings. The highest BCUT2D eigenvalue weighted by Gasteiger charge is 2.32. The number of aromatic nitrogens is 2. The molecule has 1 saturated carbocycles. The van der Waals surface area contributed by atoms with Gasteiger partial charge in [0.05, 0.1) is 23.5 Å². The minimum absolute atomic E-state index is 0.00139. The van der Waals surface area contributed by atoms with Crippen LogP contribution in [-0.2, 0) is 6.54 Å². The predicted molar refractivity (Wildman–Crippen MR) is 151 cm³/mol. The fraction of sp³-hybridized carbons (Fsp3) is 0.367. The second-order valence-corrected chi connectivity index (χ2v) is 11.0. The summed E-state index contributed by atoms with van der Waals surface area (Å²) in [6, 6.07) is 14.2. The first kappa shape index (κ1) is 25.7. The topological polar surface area (TPSA) is 55.3 Å². The van der Waals surface area contributed by atoms with Crippen LogP contribution < -0.4 is 4.74 Å². The molecule has 1 amide bonds. The van der Waals surface area contributed by atoms with Crippen molar-refractivity contribution in [2.45, 2.75) is 58.5 Å². The molecule has 5 rings (SSSR count). The number of carbonyl (C=O) groups is 1. The molecule has 192 valence electrons. The summed E-state index contributed by atoms with van der Waals surface area (Å²) in [6.07, 6.45) is 10.6. The van der Waals surface area contributed by atoms with E-state index in [1.807, 2.05) is 48.2 Å². The van der Waals surface area contributed by atoms with Crippen LogP contribution in [0.5, 0.6) is 5.75 Å². The lowest BCUT2D eigenvalue weighted by Crippen LogP contribution is -2.41. The second-order valence-electron chi connectivity index (χ2n) is 9.60. The second kappa shape index (κ2) is 11.6. The molecule has 5 nitrogen and oxygen atoms in total. The van der Waals surface area contributed by atoms with E-state index in [0.717, 1.165) is 64.3 Å². The Bertz CT molecular complexity index is 1370. The standard InChI is InChI=1S/C30H32ClN3O2S/c1-3-20-9-12-23(13-10-20)34(30(35)29-28(31)24-7-5-6-8-27(24)37-29)19-22-17-21(11-14-26(22)36-4-2)25-18-32-15-16-33-25/h5-8,11,14-18,20,23H,3-4,9-10,12-13,19H2,1-2H3/t20-,23-. The summed E-state index contributed by atoms with van der Waals surface area (Å²) in [5.41, 5.74) is 2.71. The van der Waals surface area contributed by atoms with E-state index in [4.69, 9.17) is 16.3 Å². The van der Waals surface area contributed by atoms with E-state index in [9.17, 15) is 4.79 Å². The molecular formula is C30H32ClN3O2S. The SMILES string of the molecule is CCOc1ccc(-c2cnccn2)cc1CN(C(=O)c1sc2ccccc2c1Cl)[C@H]1CC[C@H](CC)CC1. The third-order valence-corrected chi connectivity index (χ3v) is 9.05. The van der Waals surface area contributed by atoms with Gasteiger partial charge in [-0.2, -0.15) is 0 Å². The first-order valence-electron chi connectivity index (χ1n) is 13.1. The van der Waals surface area contributed by atoms with Gasteiger partial charge < -0.3 is 9.64 Å². The average molecular weight is 534 g/mol. The number of rotatable bonds is 8. The lowest BCUT2D eigenvalue weighted by atomic mass is 9.83. The summed E-state index contributed by atoms with van der Waals surface area (Å²) in [7, 11) is 0. The Morgan fingerprint density at radius 1 is 1.11 bits per heavy atom. The monoisotopic (exact) mass is 533 g/mol. The molecule has 7 heteroatoms. The maximum absolute atomic E-state index is 14.2. The fourth-order valence-electron chi connectivity index (χ4n) is 5.30. The molecule has 0 unspecified atom stereocenters. The van der Waals surface area contributed by atoms with E-state index in [1.54, 1.807) is 18.6 Å². The van der Waals surface area contributed by atoms with Crippen molar-refractivity contribution in [3.05, 3.63) is 76.5 Å². The smallest absolute Gasteiger partial charge is 0.266 e. The van der Waals surface area contributed by atoms with Crippen LogP contribution in [-0.4, -0.2) is 33.4 Å². The minimum atomic E-state index is -0.00139. The number of hydrogen-bond acceptors (Lipinski definition) is 5. The van der Waals surface area contributed by atoms with Crippen LogP contribution in [0.2, 0.25) is 5.02 Å². The maximum atomic E-state index is 14.2. The lowest BCUT2D eigenvalue weighted by molar-refractivity contribution is 0.0590. The van der Waals surface area contributed by atoms with Gasteiger partial charge in [-0.15, -0.1) is 11.3 Å². The molecule has 0 saturated heterocycles. The van der Waals surface area contributed by atoms with Crippen LogP contribution in [0.1, 0.15) is 61.2 Å². The number of amides is 1. The summed E-state index contributed by atoms with van der Waals surface area (Å²) in [5.74, 6) is 1.52. The number of ether oxygens (including phenoxy) is 1. The zero-order valence-corrected chi connectivity index (χ0v) is 22.9. The van der Waals surface area contributed by atoms with Gasteiger partial charge in [0.15, 0.2) is 0 Å². The number of benzene rings is 2. The normalized spacial score (nSPS) is 17.6. The first-order chi connectivity index (χ1) is 18.1. The highest BCUT2D eigenvalue weighted by atomic mass is 35.5. The molecule has 0 bridgehead atoms. The van der Waals surface area contributed by atoms with Crippen molar-refractivity contribution in [2.75, 3.05) is 6.61 Å². The third kappa shape index (κ3) is 5.51. The average Bonchev–Trinajstić information content (AvgIpc) is 3.29. The number of hydrogen-bond donors (Lipinski definition) is 0. The lowest BCUT2D eigenvalue weighted by Gasteiger charge is -2.37. The molecule has 0 spiro atoms. The van der Waals surface area contributed by atoms with Crippen molar-refractivity contribution in [1.29, 1.82) is 0 Å². The van der Waals surface area contributed by atoms with Gasteiger partial charge in [-0.05, 0) is 62.8 Å². The van der Waals surface area contributed by atoms with Gasteiger partial charge in [0.1, 0.15) is 10.6 Å². The van der Waals surface area contributed by atoms with Crippen molar-refractivity contribution in [3.63, 3.8) is 0 Å². The van der Waals surface area contributed by atoms with E-state index >= 15 is 0 Å². The van der Waals surface area contributed by atoms with Gasteiger partial charge in [0.25, 0.3) is 5.91 Å². The highest BCUT2D eigenvalue weighted by molar-refractivity contribution is 7.21. The zero-order valence-electron chi connectivity index (χ0n) is 21.3. The van der Waals surface area contributed by atoms with Crippen LogP contribution in [0.15, 0.2) is 61.1 Å². The van der Waals surface area contributed by atoms with Crippen molar-refractivity contribution >= 4 is 38.9 Å². The van der Waals surface area contributed by atoms with Gasteiger partial charge >= 0.3 is 0 Å². The summed E-state index contributed by atoms with van der Waals surface area (Å²) in [4.78, 5) is 25.6. The molecule has 0 atom stereocenters. The zero-order chi connectivity index (χ0) is 25.8. The summed E-state index contributed by atoms with van der Waals surface area (Å²) < 4.78 is 7.04. The molecule has 0 N–H and O–H groups in total. The first-order valence-corrected chi connectivity index (χ1v) is 14.3. The predicted octanol–water partition coefficient (Wildman–Crippen LogP) is 8.02. The van der Waals surface area contributed by atoms with E-state index < -0.39 is 0 Å². The molecule has 1 aliphatic carbocycles. The van der Waals surface area contributed by atoms with Crippen LogP contribution in [0.3, 0.4) is 0 Å². The Hall–Kier alpha value is -2.96. The van der Waals surface area contributed by atoms with Gasteiger partial charge in [0, 0.05) is 46.2 Å². The molecule has 1 fully saturated rings. The van der Waals surface area contributed by atoms with E-state index in [-0.39, 0.29) is 11.9 Å². The van der Waals surface area contributed by atoms with E-state index in [0.29, 0.717) is 23.1 Å². The fourth-order valence-corrected chi connectivity index (χ4v) is 6.77. The number of thiophene rings is 1. The third-order valence-electron chi connectivity index (χ3n) is 7.38. The number of halogens is 1. The van der Waals surface area contributed by atoms with Gasteiger partial charge in [-0.25, -0.2) is 0 Å². The van der Waals surface area contributed by atoms with Crippen molar-refractivity contribution in [2.24, 2.45) is 5.92 Å². The van der Waals surface area contributed by atoms with Crippen molar-refractivity contribution < 1.29 is 9.53 Å². The molecule has 37 heavy (non-hydrogen) atoms. The van der Waals surface area contributed by atoms with Crippen LogP contribution in [0.4, 0.5) is 0 Å². The van der Waals surface area contributed by atoms with Gasteiger partial charge in [-0.1, -0.05) is 43.1 Å². The summed E-state index contributed by atoms with van der Waals surface area (Å²) in [6.45, 7) is 5.24. The van der Waals surface area contributed by atoms with Crippen molar-refractivity contribution in [3.8, 4) is 17.0 Å². The molecule has 2 aromatic heterocycles. The van der Waals surface area contributed by atoms with Crippen molar-refractivity contribution in [1.82, 2.24) is 14.9 Å². The minimum Gasteiger partial charge on any atom is -0.494 e. The van der Waals surface area contributed by atoms with Crippen LogP contribution in [0.25, 0.3) is 21.3 Å². The van der Waals surface area contributed by atoms with Crippen LogP contribution in [0, 0.1) is 5.92 Å². The van der Waals surface area contributed by atoms with Crippen LogP contribution >= 0.6 is 22.9 Å². The molecule has 0 aliphatic heterocycles. The molecule has 2 heterocycles. The van der Waals surface area contributed by atoms with E-state index in [1.165, 1.54) is 17.8 Å². The van der Waals surface area contributed by atoms with Gasteiger partial charge in [0.2, 0.25) is 0 Å². The van der Waals surface area contributed by atoms with E-state index in [2.05, 4.69) is 23.0 Å². The highest BCUT2D eigenvalue weighted by Crippen LogP contribution is 2.39. The van der Waals surface area contributed by atoms with Gasteiger partial charge in [-0.3, -0.25) is 14.8 Å². The quantitative estimate of drug-likeness (QED) is 0.230. The Labute approximate surface area is 227 Å². The molecule has 0 radical (unpaired) electrons. The molecule has 2 aromatic carbocycles. The Kier molecular flexibility index (Phi) is 8.06.